The molecule has 3 heterocycles. The molecular formula is C23H29N3O. The molecule has 2 aliphatic heterocycles. The lowest BCUT2D eigenvalue weighted by Crippen LogP contribution is -2.50. The number of benzene rings is 1. The first kappa shape index (κ1) is 18.2. The fraction of sp³-hybridized carbons (Fsp3) is 0.478. The van der Waals surface area contributed by atoms with Crippen molar-refractivity contribution in [3.63, 3.8) is 0 Å². The maximum atomic E-state index is 12.6. The lowest BCUT2D eigenvalue weighted by atomic mass is 9.74. The van der Waals surface area contributed by atoms with Crippen LogP contribution in [0.2, 0.25) is 0 Å². The van der Waals surface area contributed by atoms with Crippen LogP contribution < -0.4 is 0 Å². The molecule has 2 aliphatic rings. The molecule has 0 radical (unpaired) electrons. The van der Waals surface area contributed by atoms with E-state index in [1.807, 2.05) is 19.3 Å². The molecule has 0 bridgehead atoms. The van der Waals surface area contributed by atoms with Crippen molar-refractivity contribution in [2.75, 3.05) is 19.6 Å². The second-order valence-corrected chi connectivity index (χ2v) is 8.22. The molecule has 0 N–H and O–H groups in total. The zero-order chi connectivity index (χ0) is 18.7. The summed E-state index contributed by atoms with van der Waals surface area (Å²) in [5.41, 5.74) is 4.22. The lowest BCUT2D eigenvalue weighted by Gasteiger charge is -2.44. The van der Waals surface area contributed by atoms with Crippen LogP contribution in [-0.2, 0) is 24.3 Å². The molecule has 27 heavy (non-hydrogen) atoms. The van der Waals surface area contributed by atoms with Crippen molar-refractivity contribution in [1.29, 1.82) is 0 Å². The van der Waals surface area contributed by atoms with Gasteiger partial charge in [0.25, 0.3) is 0 Å². The molecule has 1 spiro atoms. The predicted molar refractivity (Wildman–Crippen MR) is 107 cm³/mol. The fourth-order valence-electron chi connectivity index (χ4n) is 4.88. The van der Waals surface area contributed by atoms with Crippen molar-refractivity contribution in [1.82, 2.24) is 14.8 Å². The van der Waals surface area contributed by atoms with Crippen LogP contribution >= 0.6 is 0 Å². The van der Waals surface area contributed by atoms with Crippen molar-refractivity contribution in [3.8, 4) is 0 Å². The van der Waals surface area contributed by atoms with Crippen molar-refractivity contribution in [2.45, 2.75) is 45.7 Å². The number of hydrogen-bond donors (Lipinski definition) is 0. The van der Waals surface area contributed by atoms with Crippen molar-refractivity contribution in [3.05, 3.63) is 65.5 Å². The van der Waals surface area contributed by atoms with Gasteiger partial charge in [-0.2, -0.15) is 0 Å². The first-order valence-corrected chi connectivity index (χ1v) is 10.1. The third-order valence-corrected chi connectivity index (χ3v) is 6.12. The molecular weight excluding hydrogens is 334 g/mol. The second kappa shape index (κ2) is 7.81. The first-order valence-electron chi connectivity index (χ1n) is 10.1. The zero-order valence-electron chi connectivity index (χ0n) is 16.2. The van der Waals surface area contributed by atoms with Gasteiger partial charge < -0.3 is 4.90 Å². The van der Waals surface area contributed by atoms with Gasteiger partial charge in [0.2, 0.25) is 5.91 Å². The highest BCUT2D eigenvalue weighted by molar-refractivity contribution is 5.76. The second-order valence-electron chi connectivity index (χ2n) is 8.22. The van der Waals surface area contributed by atoms with Gasteiger partial charge in [-0.25, -0.2) is 0 Å². The van der Waals surface area contributed by atoms with Crippen LogP contribution in [0.4, 0.5) is 0 Å². The molecule has 4 heteroatoms. The molecule has 1 fully saturated rings. The van der Waals surface area contributed by atoms with Gasteiger partial charge in [-0.1, -0.05) is 31.2 Å². The summed E-state index contributed by atoms with van der Waals surface area (Å²) >= 11 is 0. The molecule has 1 saturated heterocycles. The summed E-state index contributed by atoms with van der Waals surface area (Å²) in [5.74, 6) is 0.275. The number of hydrogen-bond acceptors (Lipinski definition) is 3. The number of aromatic nitrogens is 1. The van der Waals surface area contributed by atoms with Crippen LogP contribution in [0.25, 0.3) is 0 Å². The normalized spacial score (nSPS) is 23.1. The van der Waals surface area contributed by atoms with E-state index in [2.05, 4.69) is 51.2 Å². The minimum absolute atomic E-state index is 0.155. The smallest absolute Gasteiger partial charge is 0.222 e. The molecule has 1 aromatic heterocycles. The summed E-state index contributed by atoms with van der Waals surface area (Å²) in [7, 11) is 0. The average molecular weight is 364 g/mol. The number of piperidine rings is 1. The Morgan fingerprint density at radius 3 is 2.67 bits per heavy atom. The Labute approximate surface area is 162 Å². The number of carbonyl (C=O) groups excluding carboxylic acids is 1. The van der Waals surface area contributed by atoms with Gasteiger partial charge in [0, 0.05) is 50.4 Å². The standard InChI is InChI=1S/C23H29N3O/c1-2-22(27)26-16-21-7-4-3-6-20(21)14-23(18-26)10-5-13-25(17-23)15-19-8-11-24-12-9-19/h3-4,6-9,11-12H,2,5,10,13-18H2,1H3. The quantitative estimate of drug-likeness (QED) is 0.835. The number of rotatable bonds is 3. The SMILES string of the molecule is CCC(=O)N1Cc2ccccc2CC2(CCCN(Cc3ccncc3)C2)C1. The number of carbonyl (C=O) groups is 1. The van der Waals surface area contributed by atoms with Crippen LogP contribution in [-0.4, -0.2) is 40.3 Å². The highest BCUT2D eigenvalue weighted by Crippen LogP contribution is 2.38. The molecule has 142 valence electrons. The van der Waals surface area contributed by atoms with Gasteiger partial charge in [0.1, 0.15) is 0 Å². The van der Waals surface area contributed by atoms with E-state index in [1.54, 1.807) is 0 Å². The van der Waals surface area contributed by atoms with Gasteiger partial charge in [0.15, 0.2) is 0 Å². The highest BCUT2D eigenvalue weighted by Gasteiger charge is 2.40. The molecule has 1 atom stereocenters. The molecule has 1 amide bonds. The summed E-state index contributed by atoms with van der Waals surface area (Å²) < 4.78 is 0. The maximum Gasteiger partial charge on any atom is 0.222 e. The van der Waals surface area contributed by atoms with Crippen LogP contribution in [0.1, 0.15) is 42.9 Å². The maximum absolute atomic E-state index is 12.6. The summed E-state index contributed by atoms with van der Waals surface area (Å²) in [6.45, 7) is 6.76. The molecule has 1 aromatic carbocycles. The van der Waals surface area contributed by atoms with Gasteiger partial charge >= 0.3 is 0 Å². The minimum Gasteiger partial charge on any atom is -0.338 e. The van der Waals surface area contributed by atoms with E-state index in [0.29, 0.717) is 6.42 Å². The van der Waals surface area contributed by atoms with Gasteiger partial charge in [-0.05, 0) is 54.6 Å². The van der Waals surface area contributed by atoms with Crippen LogP contribution in [0, 0.1) is 5.41 Å². The van der Waals surface area contributed by atoms with Crippen molar-refractivity contribution < 1.29 is 4.79 Å². The Morgan fingerprint density at radius 1 is 1.11 bits per heavy atom. The average Bonchev–Trinajstić information content (AvgIpc) is 2.84. The lowest BCUT2D eigenvalue weighted by molar-refractivity contribution is -0.133. The number of nitrogens with zero attached hydrogens (tertiary/aromatic N) is 3. The topological polar surface area (TPSA) is 36.4 Å². The summed E-state index contributed by atoms with van der Waals surface area (Å²) in [4.78, 5) is 21.5. The third kappa shape index (κ3) is 4.06. The van der Waals surface area contributed by atoms with E-state index in [0.717, 1.165) is 39.1 Å². The van der Waals surface area contributed by atoms with E-state index < -0.39 is 0 Å². The Balaban J connectivity index is 1.60. The Hall–Kier alpha value is -2.20. The van der Waals surface area contributed by atoms with E-state index >= 15 is 0 Å². The molecule has 2 aromatic rings. The number of likely N-dealkylation sites (tertiary alicyclic amines) is 1. The van der Waals surface area contributed by atoms with E-state index in [-0.39, 0.29) is 11.3 Å². The number of fused-ring (bicyclic) bond motifs is 1. The van der Waals surface area contributed by atoms with Crippen LogP contribution in [0.3, 0.4) is 0 Å². The van der Waals surface area contributed by atoms with E-state index in [9.17, 15) is 4.79 Å². The minimum atomic E-state index is 0.155. The summed E-state index contributed by atoms with van der Waals surface area (Å²) in [5, 5.41) is 0. The largest absolute Gasteiger partial charge is 0.338 e. The Morgan fingerprint density at radius 2 is 1.89 bits per heavy atom. The van der Waals surface area contributed by atoms with Gasteiger partial charge in [-0.3, -0.25) is 14.7 Å². The molecule has 4 rings (SSSR count). The van der Waals surface area contributed by atoms with Crippen LogP contribution in [0.15, 0.2) is 48.8 Å². The highest BCUT2D eigenvalue weighted by atomic mass is 16.2. The van der Waals surface area contributed by atoms with Crippen LogP contribution in [0.5, 0.6) is 0 Å². The summed E-state index contributed by atoms with van der Waals surface area (Å²) in [6.07, 6.45) is 7.79. The Bertz CT molecular complexity index is 791. The third-order valence-electron chi connectivity index (χ3n) is 6.12. The van der Waals surface area contributed by atoms with Gasteiger partial charge in [0.05, 0.1) is 0 Å². The fourth-order valence-corrected chi connectivity index (χ4v) is 4.88. The predicted octanol–water partition coefficient (Wildman–Crippen LogP) is 3.66. The van der Waals surface area contributed by atoms with E-state index in [1.165, 1.54) is 29.5 Å². The van der Waals surface area contributed by atoms with Gasteiger partial charge in [-0.15, -0.1) is 0 Å². The number of pyridine rings is 1. The molecule has 0 aliphatic carbocycles. The monoisotopic (exact) mass is 363 g/mol. The Kier molecular flexibility index (Phi) is 5.26. The summed E-state index contributed by atoms with van der Waals surface area (Å²) in [6, 6.07) is 12.9. The molecule has 0 saturated carbocycles. The number of amides is 1. The molecule has 1 unspecified atom stereocenters. The van der Waals surface area contributed by atoms with Crippen molar-refractivity contribution in [2.24, 2.45) is 5.41 Å². The van der Waals surface area contributed by atoms with Crippen molar-refractivity contribution >= 4 is 5.91 Å². The first-order chi connectivity index (χ1) is 13.2. The van der Waals surface area contributed by atoms with E-state index in [4.69, 9.17) is 0 Å². The molecule has 4 nitrogen and oxygen atoms in total. The zero-order valence-corrected chi connectivity index (χ0v) is 16.2.